The van der Waals surface area contributed by atoms with Crippen molar-refractivity contribution in [1.82, 2.24) is 0 Å². The van der Waals surface area contributed by atoms with Gasteiger partial charge in [-0.2, -0.15) is 0 Å². The zero-order valence-electron chi connectivity index (χ0n) is 38.2. The van der Waals surface area contributed by atoms with Gasteiger partial charge in [-0.1, -0.05) is 83.9 Å². The summed E-state index contributed by atoms with van der Waals surface area (Å²) < 4.78 is 26.4. The number of fused-ring (bicyclic) bond motifs is 17. The highest BCUT2D eigenvalue weighted by Crippen LogP contribution is 2.46. The highest BCUT2D eigenvalue weighted by Gasteiger charge is 2.22. The predicted octanol–water partition coefficient (Wildman–Crippen LogP) is 19.1. The van der Waals surface area contributed by atoms with Crippen molar-refractivity contribution in [3.8, 4) is 0 Å². The van der Waals surface area contributed by atoms with Gasteiger partial charge in [0, 0.05) is 88.0 Å². The molecule has 330 valence electrons. The number of benzene rings is 11. The molecule has 0 saturated heterocycles. The Balaban J connectivity index is 0.846. The summed E-state index contributed by atoms with van der Waals surface area (Å²) in [5.74, 6) is 0. The Hall–Kier alpha value is -9.26. The van der Waals surface area contributed by atoms with Crippen LogP contribution >= 0.6 is 0 Å². The topological polar surface area (TPSA) is 59.0 Å². The minimum Gasteiger partial charge on any atom is -0.456 e. The molecule has 15 rings (SSSR count). The van der Waals surface area contributed by atoms with Crippen LogP contribution in [0.3, 0.4) is 0 Å². The summed E-state index contributed by atoms with van der Waals surface area (Å²) in [5.41, 5.74) is 15.4. The molecule has 0 aliphatic rings. The molecule has 0 fully saturated rings. The number of hydrogen-bond donors (Lipinski definition) is 0. The Morgan fingerprint density at radius 2 is 0.586 bits per heavy atom. The summed E-state index contributed by atoms with van der Waals surface area (Å²) in [6.07, 6.45) is 0. The van der Waals surface area contributed by atoms with Crippen LogP contribution in [0.2, 0.25) is 0 Å². The lowest BCUT2D eigenvalue weighted by molar-refractivity contribution is 0.637. The first kappa shape index (κ1) is 38.8. The van der Waals surface area contributed by atoms with Gasteiger partial charge < -0.3 is 27.5 Å². The van der Waals surface area contributed by atoms with Crippen molar-refractivity contribution >= 4 is 143 Å². The minimum atomic E-state index is 0.750. The average Bonchev–Trinajstić information content (AvgIpc) is 4.18. The molecule has 0 bridgehead atoms. The third-order valence-corrected chi connectivity index (χ3v) is 14.3. The first-order valence-corrected chi connectivity index (χ1v) is 23.7. The summed E-state index contributed by atoms with van der Waals surface area (Å²) in [5, 5.41) is 12.8. The number of para-hydroxylation sites is 2. The van der Waals surface area contributed by atoms with Gasteiger partial charge in [-0.05, 0) is 158 Å². The van der Waals surface area contributed by atoms with E-state index in [0.717, 1.165) is 143 Å². The molecule has 0 amide bonds. The van der Waals surface area contributed by atoms with Gasteiger partial charge >= 0.3 is 0 Å². The van der Waals surface area contributed by atoms with Crippen LogP contribution in [0.1, 0.15) is 11.1 Å². The number of hydrogen-bond acceptors (Lipinski definition) is 6. The van der Waals surface area contributed by atoms with Gasteiger partial charge in [0.15, 0.2) is 11.2 Å². The van der Waals surface area contributed by atoms with E-state index in [2.05, 4.69) is 206 Å². The van der Waals surface area contributed by atoms with Gasteiger partial charge in [0.05, 0.1) is 0 Å². The Morgan fingerprint density at radius 1 is 0.243 bits per heavy atom. The standard InChI is InChI=1S/C64H40N2O4/c1-37-11-17-41(18-12-37)65(45-23-31-59-55(35-45)49-7-3-5-9-57(49)67-59)43-21-27-47-39(33-43)15-25-51-53-29-30-54-52-26-16-40-34-44(22-28-48(40)62(52)70-64(54)63(53)69-61(47)51)66(42-19-13-38(2)14-20-42)46-24-32-60-56(36-46)50-8-4-6-10-58(50)68-60/h3-36H,1-2H3. The highest BCUT2D eigenvalue weighted by atomic mass is 16.4. The van der Waals surface area contributed by atoms with Gasteiger partial charge in [-0.3, -0.25) is 0 Å². The maximum atomic E-state index is 6.96. The molecule has 11 aromatic carbocycles. The van der Waals surface area contributed by atoms with Crippen molar-refractivity contribution in [2.45, 2.75) is 13.8 Å². The zero-order chi connectivity index (χ0) is 46.2. The second-order valence-electron chi connectivity index (χ2n) is 18.6. The smallest absolute Gasteiger partial charge is 0.178 e. The van der Waals surface area contributed by atoms with E-state index in [1.54, 1.807) is 0 Å². The van der Waals surface area contributed by atoms with E-state index in [9.17, 15) is 0 Å². The first-order valence-electron chi connectivity index (χ1n) is 23.7. The number of furan rings is 4. The fourth-order valence-electron chi connectivity index (χ4n) is 10.9. The second kappa shape index (κ2) is 14.6. The van der Waals surface area contributed by atoms with E-state index in [4.69, 9.17) is 17.7 Å². The van der Waals surface area contributed by atoms with Crippen LogP contribution in [0, 0.1) is 13.8 Å². The molecule has 0 aliphatic carbocycles. The van der Waals surface area contributed by atoms with Gasteiger partial charge in [0.1, 0.15) is 33.5 Å². The fraction of sp³-hybridized carbons (Fsp3) is 0.0312. The molecule has 0 atom stereocenters. The van der Waals surface area contributed by atoms with E-state index in [-0.39, 0.29) is 0 Å². The molecule has 0 saturated carbocycles. The number of nitrogens with zero attached hydrogens (tertiary/aromatic N) is 2. The molecule has 0 aliphatic heterocycles. The molecule has 4 heterocycles. The predicted molar refractivity (Wildman–Crippen MR) is 289 cm³/mol. The van der Waals surface area contributed by atoms with Crippen molar-refractivity contribution in [3.63, 3.8) is 0 Å². The van der Waals surface area contributed by atoms with E-state index in [0.29, 0.717) is 0 Å². The van der Waals surface area contributed by atoms with Crippen LogP contribution in [-0.4, -0.2) is 0 Å². The second-order valence-corrected chi connectivity index (χ2v) is 18.6. The van der Waals surface area contributed by atoms with E-state index < -0.39 is 0 Å². The Labute approximate surface area is 400 Å². The first-order chi connectivity index (χ1) is 34.5. The number of rotatable bonds is 6. The van der Waals surface area contributed by atoms with Crippen LogP contribution in [0.4, 0.5) is 34.1 Å². The molecule has 15 aromatic rings. The molecular weight excluding hydrogens is 861 g/mol. The lowest BCUT2D eigenvalue weighted by Gasteiger charge is -2.26. The number of aryl methyl sites for hydroxylation is 2. The van der Waals surface area contributed by atoms with Crippen LogP contribution in [0.25, 0.3) is 109 Å². The largest absolute Gasteiger partial charge is 0.456 e. The SMILES string of the molecule is Cc1ccc(N(c2ccc3c(ccc4c5ccc6c7ccc8cc(N(c9ccc(C)cc9)c9ccc%10oc%11ccccc%11c%10c9)ccc8c7oc6c5oc34)c2)c2ccc3oc4ccccc4c3c2)cc1. The van der Waals surface area contributed by atoms with Gasteiger partial charge in [0.25, 0.3) is 0 Å². The Morgan fingerprint density at radius 3 is 1.04 bits per heavy atom. The van der Waals surface area contributed by atoms with E-state index in [1.807, 2.05) is 24.3 Å². The van der Waals surface area contributed by atoms with Crippen LogP contribution in [0.15, 0.2) is 224 Å². The molecule has 0 N–H and O–H groups in total. The lowest BCUT2D eigenvalue weighted by atomic mass is 10.0. The Kier molecular flexibility index (Phi) is 8.10. The van der Waals surface area contributed by atoms with Crippen molar-refractivity contribution in [3.05, 3.63) is 217 Å². The van der Waals surface area contributed by atoms with Gasteiger partial charge in [-0.25, -0.2) is 0 Å². The molecule has 0 unspecified atom stereocenters. The quantitative estimate of drug-likeness (QED) is 0.166. The summed E-state index contributed by atoms with van der Waals surface area (Å²) in [6.45, 7) is 4.24. The Bertz CT molecular complexity index is 4330. The molecule has 4 aromatic heterocycles. The molecular formula is C64H40N2O4. The molecule has 70 heavy (non-hydrogen) atoms. The number of anilines is 6. The maximum absolute atomic E-state index is 6.96. The lowest BCUT2D eigenvalue weighted by Crippen LogP contribution is -2.09. The average molecular weight is 901 g/mol. The normalized spacial score (nSPS) is 12.1. The van der Waals surface area contributed by atoms with Crippen LogP contribution in [0.5, 0.6) is 0 Å². The highest BCUT2D eigenvalue weighted by molar-refractivity contribution is 6.24. The fourth-order valence-corrected chi connectivity index (χ4v) is 10.9. The molecule has 6 heteroatoms. The summed E-state index contributed by atoms with van der Waals surface area (Å²) in [4.78, 5) is 4.63. The summed E-state index contributed by atoms with van der Waals surface area (Å²) in [6, 6.07) is 73.2. The zero-order valence-corrected chi connectivity index (χ0v) is 38.2. The summed E-state index contributed by atoms with van der Waals surface area (Å²) in [7, 11) is 0. The summed E-state index contributed by atoms with van der Waals surface area (Å²) >= 11 is 0. The third-order valence-electron chi connectivity index (χ3n) is 14.3. The van der Waals surface area contributed by atoms with E-state index in [1.165, 1.54) is 11.1 Å². The van der Waals surface area contributed by atoms with Crippen LogP contribution in [-0.2, 0) is 0 Å². The minimum absolute atomic E-state index is 0.750. The molecule has 0 spiro atoms. The van der Waals surface area contributed by atoms with Crippen molar-refractivity contribution in [2.75, 3.05) is 9.80 Å². The van der Waals surface area contributed by atoms with Gasteiger partial charge in [0.2, 0.25) is 0 Å². The molecule has 0 radical (unpaired) electrons. The molecule has 6 nitrogen and oxygen atoms in total. The monoisotopic (exact) mass is 900 g/mol. The van der Waals surface area contributed by atoms with Gasteiger partial charge in [-0.15, -0.1) is 0 Å². The maximum Gasteiger partial charge on any atom is 0.178 e. The van der Waals surface area contributed by atoms with Crippen molar-refractivity contribution in [1.29, 1.82) is 0 Å². The van der Waals surface area contributed by atoms with Crippen LogP contribution < -0.4 is 9.80 Å². The van der Waals surface area contributed by atoms with E-state index >= 15 is 0 Å². The third kappa shape index (κ3) is 5.80. The van der Waals surface area contributed by atoms with Crippen molar-refractivity contribution in [2.24, 2.45) is 0 Å². The van der Waals surface area contributed by atoms with Crippen molar-refractivity contribution < 1.29 is 17.7 Å².